The van der Waals surface area contributed by atoms with E-state index in [1.807, 2.05) is 24.5 Å². The molecule has 0 aliphatic heterocycles. The average molecular weight is 239 g/mol. The van der Waals surface area contributed by atoms with Crippen LogP contribution in [0.5, 0.6) is 0 Å². The lowest BCUT2D eigenvalue weighted by atomic mass is 10.1. The fraction of sp³-hybridized carbons (Fsp3) is 0.143. The maximum atomic E-state index is 11.0. The molecular formula is C14H13N3O. The molecule has 1 N–H and O–H groups in total. The molecule has 0 spiro atoms. The van der Waals surface area contributed by atoms with Crippen molar-refractivity contribution in [3.8, 4) is 11.4 Å². The first kappa shape index (κ1) is 10.8. The number of aldehydes is 1. The Kier molecular flexibility index (Phi) is 2.30. The Balaban J connectivity index is 2.25. The summed E-state index contributed by atoms with van der Waals surface area (Å²) in [5.41, 5.74) is 5.64. The molecule has 3 heterocycles. The van der Waals surface area contributed by atoms with Crippen molar-refractivity contribution in [3.05, 3.63) is 47.4 Å². The molecule has 90 valence electrons. The first-order chi connectivity index (χ1) is 8.70. The Bertz CT molecular complexity index is 737. The number of hydrogen-bond donors (Lipinski definition) is 1. The molecule has 0 unspecified atom stereocenters. The van der Waals surface area contributed by atoms with Gasteiger partial charge >= 0.3 is 0 Å². The van der Waals surface area contributed by atoms with Crippen LogP contribution in [0.15, 0.2) is 30.6 Å². The van der Waals surface area contributed by atoms with E-state index < -0.39 is 0 Å². The molecule has 0 saturated heterocycles. The van der Waals surface area contributed by atoms with Crippen molar-refractivity contribution in [1.82, 2.24) is 14.4 Å². The third kappa shape index (κ3) is 1.46. The van der Waals surface area contributed by atoms with Crippen LogP contribution in [0.4, 0.5) is 0 Å². The van der Waals surface area contributed by atoms with Crippen molar-refractivity contribution in [2.75, 3.05) is 0 Å². The standard InChI is InChI=1S/C14H13N3O/c1-9-6-15-14(10(9)2)12-7-17-11(8-18)4-3-5-13(17)16-12/h3-8,15H,1-2H3. The summed E-state index contributed by atoms with van der Waals surface area (Å²) in [5.74, 6) is 0. The number of aromatic amines is 1. The predicted molar refractivity (Wildman–Crippen MR) is 69.8 cm³/mol. The summed E-state index contributed by atoms with van der Waals surface area (Å²) in [4.78, 5) is 18.7. The van der Waals surface area contributed by atoms with Crippen LogP contribution in [0.3, 0.4) is 0 Å². The van der Waals surface area contributed by atoms with E-state index in [1.54, 1.807) is 10.5 Å². The topological polar surface area (TPSA) is 50.2 Å². The Hall–Kier alpha value is -2.36. The first-order valence-corrected chi connectivity index (χ1v) is 5.79. The van der Waals surface area contributed by atoms with Gasteiger partial charge in [-0.2, -0.15) is 0 Å². The molecule has 0 fully saturated rings. The number of carbonyl (C=O) groups is 1. The third-order valence-corrected chi connectivity index (χ3v) is 3.30. The number of hydrogen-bond acceptors (Lipinski definition) is 2. The second kappa shape index (κ2) is 3.84. The van der Waals surface area contributed by atoms with Crippen LogP contribution in [0.2, 0.25) is 0 Å². The summed E-state index contributed by atoms with van der Waals surface area (Å²) in [5, 5.41) is 0. The number of aromatic nitrogens is 3. The molecule has 0 radical (unpaired) electrons. The largest absolute Gasteiger partial charge is 0.359 e. The predicted octanol–water partition coefficient (Wildman–Crippen LogP) is 2.76. The Morgan fingerprint density at radius 1 is 1.33 bits per heavy atom. The number of nitrogens with one attached hydrogen (secondary N) is 1. The summed E-state index contributed by atoms with van der Waals surface area (Å²) in [7, 11) is 0. The molecule has 3 aromatic rings. The molecule has 3 rings (SSSR count). The fourth-order valence-corrected chi connectivity index (χ4v) is 2.11. The number of pyridine rings is 1. The minimum atomic E-state index is 0.604. The lowest BCUT2D eigenvalue weighted by Crippen LogP contribution is -1.91. The number of aryl methyl sites for hydroxylation is 1. The van der Waals surface area contributed by atoms with Crippen LogP contribution in [-0.4, -0.2) is 20.7 Å². The molecule has 0 amide bonds. The van der Waals surface area contributed by atoms with E-state index in [2.05, 4.69) is 23.8 Å². The molecule has 0 aromatic carbocycles. The lowest BCUT2D eigenvalue weighted by Gasteiger charge is -1.95. The van der Waals surface area contributed by atoms with Gasteiger partial charge in [-0.1, -0.05) is 6.07 Å². The van der Waals surface area contributed by atoms with E-state index in [0.29, 0.717) is 5.69 Å². The van der Waals surface area contributed by atoms with Gasteiger partial charge in [-0.3, -0.25) is 9.20 Å². The van der Waals surface area contributed by atoms with Gasteiger partial charge in [0.2, 0.25) is 0 Å². The van der Waals surface area contributed by atoms with Gasteiger partial charge in [-0.15, -0.1) is 0 Å². The summed E-state index contributed by atoms with van der Waals surface area (Å²) < 4.78 is 1.80. The maximum Gasteiger partial charge on any atom is 0.166 e. The van der Waals surface area contributed by atoms with Crippen LogP contribution in [0.1, 0.15) is 21.6 Å². The second-order valence-electron chi connectivity index (χ2n) is 4.39. The number of carbonyl (C=O) groups excluding carboxylic acids is 1. The zero-order valence-electron chi connectivity index (χ0n) is 10.3. The molecule has 4 nitrogen and oxygen atoms in total. The van der Waals surface area contributed by atoms with Gasteiger partial charge in [0.05, 0.1) is 11.4 Å². The molecule has 4 heteroatoms. The minimum absolute atomic E-state index is 0.604. The molecule has 0 bridgehead atoms. The molecule has 18 heavy (non-hydrogen) atoms. The highest BCUT2D eigenvalue weighted by Crippen LogP contribution is 2.24. The summed E-state index contributed by atoms with van der Waals surface area (Å²) in [6.45, 7) is 4.12. The van der Waals surface area contributed by atoms with Crippen molar-refractivity contribution >= 4 is 11.9 Å². The number of imidazole rings is 1. The number of H-pyrrole nitrogens is 1. The molecule has 0 aliphatic carbocycles. The second-order valence-corrected chi connectivity index (χ2v) is 4.39. The van der Waals surface area contributed by atoms with Gasteiger partial charge in [0.25, 0.3) is 0 Å². The monoisotopic (exact) mass is 239 g/mol. The lowest BCUT2D eigenvalue weighted by molar-refractivity contribution is 0.111. The van der Waals surface area contributed by atoms with E-state index in [4.69, 9.17) is 0 Å². The van der Waals surface area contributed by atoms with E-state index in [0.717, 1.165) is 23.3 Å². The van der Waals surface area contributed by atoms with Gasteiger partial charge in [-0.05, 0) is 37.1 Å². The zero-order valence-corrected chi connectivity index (χ0v) is 10.3. The normalized spacial score (nSPS) is 11.0. The summed E-state index contributed by atoms with van der Waals surface area (Å²) in [6, 6.07) is 5.50. The van der Waals surface area contributed by atoms with Crippen molar-refractivity contribution in [2.45, 2.75) is 13.8 Å². The van der Waals surface area contributed by atoms with E-state index in [1.165, 1.54) is 11.1 Å². The van der Waals surface area contributed by atoms with E-state index in [9.17, 15) is 4.79 Å². The van der Waals surface area contributed by atoms with Crippen LogP contribution >= 0.6 is 0 Å². The zero-order chi connectivity index (χ0) is 12.7. The van der Waals surface area contributed by atoms with Gasteiger partial charge in [-0.25, -0.2) is 4.98 Å². The smallest absolute Gasteiger partial charge is 0.166 e. The highest BCUT2D eigenvalue weighted by molar-refractivity contribution is 5.75. The van der Waals surface area contributed by atoms with Gasteiger partial charge in [0, 0.05) is 12.4 Å². The highest BCUT2D eigenvalue weighted by atomic mass is 16.1. The molecule has 0 aliphatic rings. The fourth-order valence-electron chi connectivity index (χ4n) is 2.11. The Morgan fingerprint density at radius 3 is 2.83 bits per heavy atom. The highest BCUT2D eigenvalue weighted by Gasteiger charge is 2.11. The van der Waals surface area contributed by atoms with Crippen LogP contribution < -0.4 is 0 Å². The average Bonchev–Trinajstić information content (AvgIpc) is 2.94. The van der Waals surface area contributed by atoms with Crippen molar-refractivity contribution in [2.24, 2.45) is 0 Å². The Labute approximate surface area is 104 Å². The van der Waals surface area contributed by atoms with Crippen LogP contribution in [0, 0.1) is 13.8 Å². The van der Waals surface area contributed by atoms with E-state index >= 15 is 0 Å². The van der Waals surface area contributed by atoms with Crippen LogP contribution in [0.25, 0.3) is 17.0 Å². The minimum Gasteiger partial charge on any atom is -0.359 e. The summed E-state index contributed by atoms with van der Waals surface area (Å²) >= 11 is 0. The molecular weight excluding hydrogens is 226 g/mol. The number of nitrogens with zero attached hydrogens (tertiary/aromatic N) is 2. The molecule has 0 saturated carbocycles. The van der Waals surface area contributed by atoms with Gasteiger partial charge < -0.3 is 4.98 Å². The third-order valence-electron chi connectivity index (χ3n) is 3.30. The van der Waals surface area contributed by atoms with E-state index in [-0.39, 0.29) is 0 Å². The Morgan fingerprint density at radius 2 is 2.17 bits per heavy atom. The first-order valence-electron chi connectivity index (χ1n) is 5.79. The van der Waals surface area contributed by atoms with Crippen molar-refractivity contribution < 1.29 is 4.79 Å². The molecule has 0 atom stereocenters. The quantitative estimate of drug-likeness (QED) is 0.699. The van der Waals surface area contributed by atoms with Crippen molar-refractivity contribution in [3.63, 3.8) is 0 Å². The van der Waals surface area contributed by atoms with Crippen molar-refractivity contribution in [1.29, 1.82) is 0 Å². The summed E-state index contributed by atoms with van der Waals surface area (Å²) in [6.07, 6.45) is 4.69. The van der Waals surface area contributed by atoms with Gasteiger partial charge in [0.15, 0.2) is 6.29 Å². The number of rotatable bonds is 2. The molecule has 3 aromatic heterocycles. The van der Waals surface area contributed by atoms with Crippen LogP contribution in [-0.2, 0) is 0 Å². The maximum absolute atomic E-state index is 11.0. The van der Waals surface area contributed by atoms with Gasteiger partial charge in [0.1, 0.15) is 11.3 Å². The SMILES string of the molecule is Cc1c[nH]c(-c2cn3c(C=O)cccc3n2)c1C. The number of fused-ring (bicyclic) bond motifs is 1.